The van der Waals surface area contributed by atoms with Gasteiger partial charge in [0.15, 0.2) is 0 Å². The van der Waals surface area contributed by atoms with Crippen molar-refractivity contribution in [3.05, 3.63) is 28.4 Å². The van der Waals surface area contributed by atoms with Gasteiger partial charge in [-0.1, -0.05) is 6.92 Å². The molecule has 0 radical (unpaired) electrons. The van der Waals surface area contributed by atoms with E-state index in [1.165, 1.54) is 6.07 Å². The Balaban J connectivity index is 1.92. The van der Waals surface area contributed by atoms with Gasteiger partial charge in [0.1, 0.15) is 0 Å². The number of hydrogen-bond donors (Lipinski definition) is 1. The molecule has 1 fully saturated rings. The van der Waals surface area contributed by atoms with Gasteiger partial charge in [-0.3, -0.25) is 10.1 Å². The zero-order chi connectivity index (χ0) is 13.0. The third kappa shape index (κ3) is 2.95. The summed E-state index contributed by atoms with van der Waals surface area (Å²) in [6.45, 7) is 6.14. The van der Waals surface area contributed by atoms with Gasteiger partial charge in [-0.05, 0) is 31.5 Å². The molecule has 0 aliphatic carbocycles. The van der Waals surface area contributed by atoms with Gasteiger partial charge in [0.25, 0.3) is 0 Å². The molecule has 1 aliphatic rings. The highest BCUT2D eigenvalue weighted by molar-refractivity contribution is 5.55. The van der Waals surface area contributed by atoms with E-state index >= 15 is 0 Å². The Morgan fingerprint density at radius 2 is 2.50 bits per heavy atom. The van der Waals surface area contributed by atoms with Crippen LogP contribution >= 0.6 is 0 Å². The second kappa shape index (κ2) is 5.77. The van der Waals surface area contributed by atoms with E-state index in [0.717, 1.165) is 32.6 Å². The molecule has 1 N–H and O–H groups in total. The van der Waals surface area contributed by atoms with Crippen molar-refractivity contribution in [2.75, 3.05) is 31.5 Å². The predicted molar refractivity (Wildman–Crippen MR) is 69.6 cm³/mol. The number of nitrogens with zero attached hydrogens (tertiary/aromatic N) is 3. The van der Waals surface area contributed by atoms with Gasteiger partial charge < -0.3 is 10.2 Å². The molecule has 2 rings (SSSR count). The molecule has 1 saturated heterocycles. The van der Waals surface area contributed by atoms with Crippen molar-refractivity contribution >= 4 is 11.5 Å². The number of hydrogen-bond acceptors (Lipinski definition) is 5. The Morgan fingerprint density at radius 3 is 3.17 bits per heavy atom. The van der Waals surface area contributed by atoms with Gasteiger partial charge in [0.2, 0.25) is 5.82 Å². The van der Waals surface area contributed by atoms with E-state index in [4.69, 9.17) is 0 Å². The number of pyridine rings is 1. The van der Waals surface area contributed by atoms with E-state index in [9.17, 15) is 10.1 Å². The Kier molecular flexibility index (Phi) is 4.09. The summed E-state index contributed by atoms with van der Waals surface area (Å²) in [6.07, 6.45) is 2.71. The van der Waals surface area contributed by atoms with Crippen LogP contribution in [0.2, 0.25) is 0 Å². The van der Waals surface area contributed by atoms with E-state index in [1.807, 2.05) is 0 Å². The summed E-state index contributed by atoms with van der Waals surface area (Å²) < 4.78 is 0. The van der Waals surface area contributed by atoms with Crippen LogP contribution in [0.15, 0.2) is 18.3 Å². The van der Waals surface area contributed by atoms with Gasteiger partial charge >= 0.3 is 5.69 Å². The highest BCUT2D eigenvalue weighted by atomic mass is 16.6. The summed E-state index contributed by atoms with van der Waals surface area (Å²) in [6, 6.07) is 3.06. The van der Waals surface area contributed by atoms with Crippen molar-refractivity contribution in [1.29, 1.82) is 0 Å². The average Bonchev–Trinajstić information content (AvgIpc) is 2.84. The van der Waals surface area contributed by atoms with E-state index < -0.39 is 4.92 Å². The first kappa shape index (κ1) is 12.8. The molecule has 0 bridgehead atoms. The second-order valence-electron chi connectivity index (χ2n) is 4.56. The van der Waals surface area contributed by atoms with Crippen LogP contribution in [0.25, 0.3) is 0 Å². The first-order valence-electron chi connectivity index (χ1n) is 6.26. The first-order chi connectivity index (χ1) is 8.70. The lowest BCUT2D eigenvalue weighted by atomic mass is 10.1. The molecule has 2 heterocycles. The first-order valence-corrected chi connectivity index (χ1v) is 6.26. The molecule has 1 aromatic heterocycles. The quantitative estimate of drug-likeness (QED) is 0.636. The molecule has 1 aliphatic heterocycles. The summed E-state index contributed by atoms with van der Waals surface area (Å²) in [5.41, 5.74) is 0.0443. The monoisotopic (exact) mass is 250 g/mol. The van der Waals surface area contributed by atoms with Gasteiger partial charge in [0, 0.05) is 25.4 Å². The summed E-state index contributed by atoms with van der Waals surface area (Å²) in [5.74, 6) is 0.920. The molecule has 0 aromatic carbocycles. The summed E-state index contributed by atoms with van der Waals surface area (Å²) in [5, 5.41) is 13.9. The molecule has 98 valence electrons. The third-order valence-corrected chi connectivity index (χ3v) is 3.36. The smallest absolute Gasteiger partial charge is 0.311 e. The van der Waals surface area contributed by atoms with E-state index in [0.29, 0.717) is 11.7 Å². The van der Waals surface area contributed by atoms with Gasteiger partial charge in [-0.2, -0.15) is 0 Å². The van der Waals surface area contributed by atoms with Crippen molar-refractivity contribution in [2.24, 2.45) is 5.92 Å². The summed E-state index contributed by atoms with van der Waals surface area (Å²) in [4.78, 5) is 16.9. The Morgan fingerprint density at radius 1 is 1.67 bits per heavy atom. The SMILES string of the molecule is CCN1CCC(CNc2ncccc2[N+](=O)[O-])C1. The minimum atomic E-state index is -0.400. The molecule has 0 amide bonds. The maximum Gasteiger partial charge on any atom is 0.311 e. The fourth-order valence-electron chi connectivity index (χ4n) is 2.29. The summed E-state index contributed by atoms with van der Waals surface area (Å²) in [7, 11) is 0. The molecule has 0 spiro atoms. The highest BCUT2D eigenvalue weighted by Crippen LogP contribution is 2.22. The van der Waals surface area contributed by atoms with Crippen LogP contribution in [0.3, 0.4) is 0 Å². The molecule has 1 aromatic rings. The lowest BCUT2D eigenvalue weighted by Gasteiger charge is -2.13. The van der Waals surface area contributed by atoms with E-state index in [1.54, 1.807) is 12.3 Å². The minimum absolute atomic E-state index is 0.0443. The van der Waals surface area contributed by atoms with Crippen LogP contribution in [0, 0.1) is 16.0 Å². The molecule has 1 atom stereocenters. The Labute approximate surface area is 106 Å². The molecule has 18 heavy (non-hydrogen) atoms. The predicted octanol–water partition coefficient (Wildman–Crippen LogP) is 1.74. The molecule has 6 nitrogen and oxygen atoms in total. The molecule has 0 saturated carbocycles. The highest BCUT2D eigenvalue weighted by Gasteiger charge is 2.22. The van der Waals surface area contributed by atoms with Crippen molar-refractivity contribution in [3.63, 3.8) is 0 Å². The number of aromatic nitrogens is 1. The lowest BCUT2D eigenvalue weighted by molar-refractivity contribution is -0.384. The van der Waals surface area contributed by atoms with Gasteiger partial charge in [0.05, 0.1) is 4.92 Å². The number of likely N-dealkylation sites (tertiary alicyclic amines) is 1. The molecule has 6 heteroatoms. The van der Waals surface area contributed by atoms with Crippen LogP contribution in [0.5, 0.6) is 0 Å². The second-order valence-corrected chi connectivity index (χ2v) is 4.56. The standard InChI is InChI=1S/C12H18N4O2/c1-2-15-7-5-10(9-15)8-14-12-11(16(17)18)4-3-6-13-12/h3-4,6,10H,2,5,7-9H2,1H3,(H,13,14). The number of nitrogens with one attached hydrogen (secondary N) is 1. The minimum Gasteiger partial charge on any atom is -0.364 e. The van der Waals surface area contributed by atoms with Crippen molar-refractivity contribution in [3.8, 4) is 0 Å². The molecule has 1 unspecified atom stereocenters. The van der Waals surface area contributed by atoms with Crippen molar-refractivity contribution in [1.82, 2.24) is 9.88 Å². The zero-order valence-electron chi connectivity index (χ0n) is 10.5. The fraction of sp³-hybridized carbons (Fsp3) is 0.583. The van der Waals surface area contributed by atoms with E-state index in [-0.39, 0.29) is 5.69 Å². The lowest BCUT2D eigenvalue weighted by Crippen LogP contribution is -2.22. The summed E-state index contributed by atoms with van der Waals surface area (Å²) >= 11 is 0. The van der Waals surface area contributed by atoms with Crippen LogP contribution < -0.4 is 5.32 Å². The van der Waals surface area contributed by atoms with Crippen molar-refractivity contribution in [2.45, 2.75) is 13.3 Å². The maximum atomic E-state index is 10.8. The maximum absolute atomic E-state index is 10.8. The van der Waals surface area contributed by atoms with Crippen molar-refractivity contribution < 1.29 is 4.92 Å². The fourth-order valence-corrected chi connectivity index (χ4v) is 2.29. The van der Waals surface area contributed by atoms with Crippen LogP contribution in [-0.4, -0.2) is 41.0 Å². The Bertz CT molecular complexity index is 424. The topological polar surface area (TPSA) is 71.3 Å². The van der Waals surface area contributed by atoms with Gasteiger partial charge in [-0.25, -0.2) is 4.98 Å². The van der Waals surface area contributed by atoms with Crippen LogP contribution in [0.1, 0.15) is 13.3 Å². The number of rotatable bonds is 5. The third-order valence-electron chi connectivity index (χ3n) is 3.36. The average molecular weight is 250 g/mol. The molecular weight excluding hydrogens is 232 g/mol. The molecular formula is C12H18N4O2. The Hall–Kier alpha value is -1.69. The number of anilines is 1. The number of nitro groups is 1. The van der Waals surface area contributed by atoms with Gasteiger partial charge in [-0.15, -0.1) is 0 Å². The van der Waals surface area contributed by atoms with Crippen LogP contribution in [0.4, 0.5) is 11.5 Å². The largest absolute Gasteiger partial charge is 0.364 e. The normalized spacial score (nSPS) is 19.9. The zero-order valence-corrected chi connectivity index (χ0v) is 10.5. The van der Waals surface area contributed by atoms with Crippen LogP contribution in [-0.2, 0) is 0 Å². The van der Waals surface area contributed by atoms with E-state index in [2.05, 4.69) is 22.1 Å².